The van der Waals surface area contributed by atoms with Gasteiger partial charge < -0.3 is 5.32 Å². The van der Waals surface area contributed by atoms with Gasteiger partial charge in [-0.1, -0.05) is 49.8 Å². The molecule has 1 aliphatic heterocycles. The van der Waals surface area contributed by atoms with E-state index in [0.29, 0.717) is 5.92 Å². The maximum atomic E-state index is 4.52. The summed E-state index contributed by atoms with van der Waals surface area (Å²) in [4.78, 5) is 0. The highest BCUT2D eigenvalue weighted by Gasteiger charge is 2.26. The fourth-order valence-electron chi connectivity index (χ4n) is 3.40. The molecule has 0 amide bonds. The Hall–Kier alpha value is -2.29. The molecule has 0 atom stereocenters. The minimum absolute atomic E-state index is 0.643. The van der Waals surface area contributed by atoms with Gasteiger partial charge in [0.2, 0.25) is 0 Å². The second kappa shape index (κ2) is 4.92. The maximum Gasteiger partial charge on any atom is 0.137 e. The van der Waals surface area contributed by atoms with Crippen LogP contribution in [0.4, 0.5) is 5.82 Å². The number of aromatic nitrogens is 2. The molecule has 4 rings (SSSR count). The van der Waals surface area contributed by atoms with Crippen LogP contribution < -0.4 is 5.32 Å². The molecule has 106 valence electrons. The summed E-state index contributed by atoms with van der Waals surface area (Å²) in [6.07, 6.45) is 9.29. The van der Waals surface area contributed by atoms with Gasteiger partial charge in [-0.25, -0.2) is 4.68 Å². The summed E-state index contributed by atoms with van der Waals surface area (Å²) in [5, 5.41) is 8.09. The molecule has 0 radical (unpaired) electrons. The molecule has 2 aliphatic rings. The van der Waals surface area contributed by atoms with E-state index in [1.807, 2.05) is 16.9 Å². The van der Waals surface area contributed by atoms with Gasteiger partial charge in [0.1, 0.15) is 5.82 Å². The zero-order chi connectivity index (χ0) is 14.2. The Bertz CT molecular complexity index is 703. The van der Waals surface area contributed by atoms with Crippen LogP contribution in [-0.4, -0.2) is 9.78 Å². The molecule has 0 saturated heterocycles. The molecular weight excluding hydrogens is 258 g/mol. The number of anilines is 1. The second-order valence-corrected chi connectivity index (χ2v) is 5.88. The molecule has 1 N–H and O–H groups in total. The van der Waals surface area contributed by atoms with E-state index in [2.05, 4.69) is 47.3 Å². The van der Waals surface area contributed by atoms with E-state index < -0.39 is 0 Å². The van der Waals surface area contributed by atoms with Crippen LogP contribution in [-0.2, 0) is 0 Å². The largest absolute Gasteiger partial charge is 0.339 e. The number of rotatable bonds is 2. The molecule has 3 heteroatoms. The van der Waals surface area contributed by atoms with Crippen molar-refractivity contribution in [1.82, 2.24) is 9.78 Å². The fraction of sp³-hybridized carbons (Fsp3) is 0.278. The molecule has 0 spiro atoms. The molecule has 2 aromatic rings. The Labute approximate surface area is 125 Å². The van der Waals surface area contributed by atoms with Crippen LogP contribution in [0.2, 0.25) is 0 Å². The predicted octanol–water partition coefficient (Wildman–Crippen LogP) is 4.48. The molecule has 3 nitrogen and oxygen atoms in total. The van der Waals surface area contributed by atoms with E-state index in [0.717, 1.165) is 17.2 Å². The van der Waals surface area contributed by atoms with Crippen molar-refractivity contribution in [2.75, 3.05) is 5.32 Å². The lowest BCUT2D eigenvalue weighted by Gasteiger charge is -2.22. The lowest BCUT2D eigenvalue weighted by atomic mass is 9.99. The summed E-state index contributed by atoms with van der Waals surface area (Å²) in [5.41, 5.74) is 4.55. The number of hydrogen-bond donors (Lipinski definition) is 1. The van der Waals surface area contributed by atoms with Crippen LogP contribution in [0.1, 0.15) is 42.7 Å². The summed E-state index contributed by atoms with van der Waals surface area (Å²) in [7, 11) is 0. The number of allylic oxidation sites excluding steroid dienone is 2. The number of benzene rings is 1. The van der Waals surface area contributed by atoms with Crippen LogP contribution in [0.5, 0.6) is 0 Å². The summed E-state index contributed by atoms with van der Waals surface area (Å²) >= 11 is 0. The zero-order valence-corrected chi connectivity index (χ0v) is 12.0. The number of hydrogen-bond acceptors (Lipinski definition) is 2. The Morgan fingerprint density at radius 3 is 2.67 bits per heavy atom. The van der Waals surface area contributed by atoms with Gasteiger partial charge in [0.25, 0.3) is 0 Å². The van der Waals surface area contributed by atoms with Crippen molar-refractivity contribution in [3.63, 3.8) is 0 Å². The number of nitrogens with zero attached hydrogens (tertiary/aromatic N) is 2. The minimum Gasteiger partial charge on any atom is -0.339 e. The van der Waals surface area contributed by atoms with Gasteiger partial charge in [0.05, 0.1) is 11.9 Å². The first-order valence-corrected chi connectivity index (χ1v) is 7.64. The van der Waals surface area contributed by atoms with Crippen molar-refractivity contribution >= 4 is 17.2 Å². The number of fused-ring (bicyclic) bond motifs is 1. The van der Waals surface area contributed by atoms with Crippen molar-refractivity contribution in [2.45, 2.75) is 31.6 Å². The van der Waals surface area contributed by atoms with Gasteiger partial charge in [0.15, 0.2) is 0 Å². The summed E-state index contributed by atoms with van der Waals surface area (Å²) < 4.78 is 1.93. The van der Waals surface area contributed by atoms with E-state index in [-0.39, 0.29) is 0 Å². The van der Waals surface area contributed by atoms with Gasteiger partial charge >= 0.3 is 0 Å². The van der Waals surface area contributed by atoms with Crippen molar-refractivity contribution in [3.8, 4) is 0 Å². The molecule has 0 unspecified atom stereocenters. The SMILES string of the molecule is C=C1C=C(c2ccccc2)Nc2c(C3CCCC3)cnn21. The maximum absolute atomic E-state index is 4.52. The number of nitrogens with one attached hydrogen (secondary N) is 1. The fourth-order valence-corrected chi connectivity index (χ4v) is 3.40. The molecule has 1 aliphatic carbocycles. The topological polar surface area (TPSA) is 29.9 Å². The third-order valence-corrected chi connectivity index (χ3v) is 4.51. The molecule has 2 heterocycles. The van der Waals surface area contributed by atoms with Gasteiger partial charge in [-0.05, 0) is 30.4 Å². The standard InChI is InChI=1S/C18H19N3/c1-13-11-17(15-9-3-2-4-10-15)20-18-16(12-19-21(13)18)14-7-5-6-8-14/h2-4,9-12,14,20H,1,5-8H2. The predicted molar refractivity (Wildman–Crippen MR) is 86.8 cm³/mol. The van der Waals surface area contributed by atoms with E-state index >= 15 is 0 Å². The zero-order valence-electron chi connectivity index (χ0n) is 12.0. The summed E-state index contributed by atoms with van der Waals surface area (Å²) in [5.74, 6) is 1.75. The monoisotopic (exact) mass is 277 g/mol. The highest BCUT2D eigenvalue weighted by Crippen LogP contribution is 2.40. The van der Waals surface area contributed by atoms with Crippen molar-refractivity contribution in [3.05, 3.63) is 60.3 Å². The third-order valence-electron chi connectivity index (χ3n) is 4.51. The van der Waals surface area contributed by atoms with E-state index in [4.69, 9.17) is 0 Å². The first-order valence-electron chi connectivity index (χ1n) is 7.64. The third kappa shape index (κ3) is 2.09. The Balaban J connectivity index is 1.73. The molecule has 21 heavy (non-hydrogen) atoms. The molecule has 1 saturated carbocycles. The van der Waals surface area contributed by atoms with Crippen molar-refractivity contribution in [1.29, 1.82) is 0 Å². The van der Waals surface area contributed by atoms with Crippen LogP contribution >= 0.6 is 0 Å². The summed E-state index contributed by atoms with van der Waals surface area (Å²) in [6, 6.07) is 10.4. The molecule has 0 bridgehead atoms. The molecule has 1 aromatic heterocycles. The second-order valence-electron chi connectivity index (χ2n) is 5.88. The van der Waals surface area contributed by atoms with Gasteiger partial charge in [-0.3, -0.25) is 0 Å². The van der Waals surface area contributed by atoms with Gasteiger partial charge in [-0.15, -0.1) is 0 Å². The van der Waals surface area contributed by atoms with E-state index in [1.165, 1.54) is 36.8 Å². The quantitative estimate of drug-likeness (QED) is 0.877. The van der Waals surface area contributed by atoms with Crippen molar-refractivity contribution in [2.24, 2.45) is 0 Å². The van der Waals surface area contributed by atoms with Crippen LogP contribution in [0.3, 0.4) is 0 Å². The Morgan fingerprint density at radius 2 is 1.90 bits per heavy atom. The van der Waals surface area contributed by atoms with Crippen LogP contribution in [0.25, 0.3) is 11.4 Å². The minimum atomic E-state index is 0.643. The smallest absolute Gasteiger partial charge is 0.137 e. The molecular formula is C18H19N3. The lowest BCUT2D eigenvalue weighted by molar-refractivity contribution is 0.725. The van der Waals surface area contributed by atoms with Crippen LogP contribution in [0, 0.1) is 0 Å². The highest BCUT2D eigenvalue weighted by molar-refractivity contribution is 5.87. The summed E-state index contributed by atoms with van der Waals surface area (Å²) in [6.45, 7) is 4.16. The van der Waals surface area contributed by atoms with Gasteiger partial charge in [0, 0.05) is 11.3 Å². The van der Waals surface area contributed by atoms with Crippen LogP contribution in [0.15, 0.2) is 49.2 Å². The first-order chi connectivity index (χ1) is 10.3. The van der Waals surface area contributed by atoms with E-state index in [1.54, 1.807) is 0 Å². The normalized spacial score (nSPS) is 18.3. The van der Waals surface area contributed by atoms with Crippen molar-refractivity contribution < 1.29 is 0 Å². The molecule has 1 fully saturated rings. The van der Waals surface area contributed by atoms with E-state index in [9.17, 15) is 0 Å². The Kier molecular flexibility index (Phi) is 2.92. The first kappa shape index (κ1) is 12.5. The van der Waals surface area contributed by atoms with Gasteiger partial charge in [-0.2, -0.15) is 5.10 Å². The lowest BCUT2D eigenvalue weighted by Crippen LogP contribution is -2.13. The molecule has 1 aromatic carbocycles. The highest BCUT2D eigenvalue weighted by atomic mass is 15.3. The average Bonchev–Trinajstić information content (AvgIpc) is 3.16. The average molecular weight is 277 g/mol. The Morgan fingerprint density at radius 1 is 1.14 bits per heavy atom.